The second-order valence-corrected chi connectivity index (χ2v) is 6.83. The Hall–Kier alpha value is 0.660. The van der Waals surface area contributed by atoms with Gasteiger partial charge in [-0.3, -0.25) is 0 Å². The molecule has 3 atom stereocenters. The van der Waals surface area contributed by atoms with Crippen molar-refractivity contribution in [3.63, 3.8) is 0 Å². The molecule has 0 saturated carbocycles. The summed E-state index contributed by atoms with van der Waals surface area (Å²) in [4.78, 5) is 0. The highest BCUT2D eigenvalue weighted by atomic mass is 32.2. The average molecular weight is 247 g/mol. The summed E-state index contributed by atoms with van der Waals surface area (Å²) in [5, 5.41) is 4.54. The Bertz CT molecular complexity index is 158. The number of rotatable bonds is 6. The van der Waals surface area contributed by atoms with E-state index in [1.54, 1.807) is 0 Å². The predicted molar refractivity (Wildman–Crippen MR) is 75.1 cm³/mol. The second-order valence-electron chi connectivity index (χ2n) is 4.33. The van der Waals surface area contributed by atoms with Crippen LogP contribution in [0.25, 0.3) is 0 Å². The van der Waals surface area contributed by atoms with Gasteiger partial charge in [0.15, 0.2) is 0 Å². The molecule has 0 amide bonds. The van der Waals surface area contributed by atoms with E-state index in [1.165, 1.54) is 30.1 Å². The molecule has 1 aliphatic heterocycles. The van der Waals surface area contributed by atoms with Gasteiger partial charge in [-0.25, -0.2) is 0 Å². The molecule has 1 aliphatic rings. The molecule has 3 heteroatoms. The van der Waals surface area contributed by atoms with E-state index in [9.17, 15) is 0 Å². The van der Waals surface area contributed by atoms with Crippen molar-refractivity contribution in [3.8, 4) is 0 Å². The molecular weight excluding hydrogens is 222 g/mol. The Morgan fingerprint density at radius 3 is 2.67 bits per heavy atom. The van der Waals surface area contributed by atoms with Gasteiger partial charge in [0.25, 0.3) is 0 Å². The Labute approximate surface area is 104 Å². The van der Waals surface area contributed by atoms with Crippen LogP contribution in [0.4, 0.5) is 0 Å². The Morgan fingerprint density at radius 1 is 1.33 bits per heavy atom. The van der Waals surface area contributed by atoms with Gasteiger partial charge in [0.05, 0.1) is 0 Å². The summed E-state index contributed by atoms with van der Waals surface area (Å²) in [5.74, 6) is 4.86. The molecule has 1 rings (SSSR count). The Balaban J connectivity index is 2.46. The lowest BCUT2D eigenvalue weighted by molar-refractivity contribution is 0.359. The zero-order chi connectivity index (χ0) is 11.1. The number of hydrogen-bond donors (Lipinski definition) is 1. The zero-order valence-corrected chi connectivity index (χ0v) is 11.9. The van der Waals surface area contributed by atoms with Gasteiger partial charge < -0.3 is 5.32 Å². The number of nitrogens with one attached hydrogen (secondary N) is 1. The normalized spacial score (nSPS) is 26.2. The van der Waals surface area contributed by atoms with Crippen LogP contribution in [0.1, 0.15) is 33.6 Å². The highest BCUT2D eigenvalue weighted by Gasteiger charge is 2.27. The van der Waals surface area contributed by atoms with Crippen molar-refractivity contribution < 1.29 is 0 Å². The van der Waals surface area contributed by atoms with Gasteiger partial charge in [-0.05, 0) is 18.9 Å². The summed E-state index contributed by atoms with van der Waals surface area (Å²) in [6, 6.07) is 0.729. The van der Waals surface area contributed by atoms with Gasteiger partial charge in [-0.1, -0.05) is 27.2 Å². The van der Waals surface area contributed by atoms with E-state index in [0.717, 1.165) is 23.8 Å². The van der Waals surface area contributed by atoms with E-state index in [1.807, 2.05) is 0 Å². The summed E-state index contributed by atoms with van der Waals surface area (Å²) >= 11 is 4.31. The monoisotopic (exact) mass is 247 g/mol. The van der Waals surface area contributed by atoms with Crippen molar-refractivity contribution in [1.82, 2.24) is 5.32 Å². The third kappa shape index (κ3) is 4.58. The quantitative estimate of drug-likeness (QED) is 0.774. The van der Waals surface area contributed by atoms with Crippen LogP contribution in [0.3, 0.4) is 0 Å². The molecule has 90 valence electrons. The maximum absolute atomic E-state index is 3.70. The Kier molecular flexibility index (Phi) is 7.19. The smallest absolute Gasteiger partial charge is 0.0294 e. The minimum absolute atomic E-state index is 0.729. The first-order valence-electron chi connectivity index (χ1n) is 6.22. The highest BCUT2D eigenvalue weighted by molar-refractivity contribution is 8.06. The van der Waals surface area contributed by atoms with Gasteiger partial charge >= 0.3 is 0 Å². The first kappa shape index (κ1) is 13.7. The van der Waals surface area contributed by atoms with Gasteiger partial charge in [-0.15, -0.1) is 0 Å². The third-order valence-corrected chi connectivity index (χ3v) is 5.92. The maximum atomic E-state index is 3.70. The van der Waals surface area contributed by atoms with Crippen LogP contribution in [0.15, 0.2) is 0 Å². The molecule has 1 heterocycles. The molecule has 0 aromatic carbocycles. The van der Waals surface area contributed by atoms with Crippen molar-refractivity contribution in [2.24, 2.45) is 5.92 Å². The Morgan fingerprint density at radius 2 is 2.13 bits per heavy atom. The maximum Gasteiger partial charge on any atom is 0.0294 e. The zero-order valence-electron chi connectivity index (χ0n) is 10.3. The summed E-state index contributed by atoms with van der Waals surface area (Å²) in [7, 11) is 0. The molecule has 0 radical (unpaired) electrons. The van der Waals surface area contributed by atoms with Crippen molar-refractivity contribution in [2.75, 3.05) is 23.8 Å². The fraction of sp³-hybridized carbons (Fsp3) is 1.00. The molecular formula is C12H25NS2. The molecule has 0 spiro atoms. The van der Waals surface area contributed by atoms with Crippen LogP contribution >= 0.6 is 23.5 Å². The molecule has 15 heavy (non-hydrogen) atoms. The lowest BCUT2D eigenvalue weighted by Gasteiger charge is -2.34. The van der Waals surface area contributed by atoms with E-state index in [0.29, 0.717) is 0 Å². The van der Waals surface area contributed by atoms with Gasteiger partial charge in [0, 0.05) is 28.6 Å². The van der Waals surface area contributed by atoms with E-state index in [-0.39, 0.29) is 0 Å². The third-order valence-electron chi connectivity index (χ3n) is 3.04. The molecule has 0 aliphatic carbocycles. The molecule has 1 fully saturated rings. The first-order chi connectivity index (χ1) is 7.29. The lowest BCUT2D eigenvalue weighted by atomic mass is 9.94. The van der Waals surface area contributed by atoms with Crippen molar-refractivity contribution in [2.45, 2.75) is 44.9 Å². The molecule has 0 aromatic heterocycles. The van der Waals surface area contributed by atoms with E-state index >= 15 is 0 Å². The van der Waals surface area contributed by atoms with E-state index in [2.05, 4.69) is 49.6 Å². The minimum Gasteiger partial charge on any atom is -0.313 e. The second kappa shape index (κ2) is 7.86. The number of thioether (sulfide) groups is 2. The molecule has 1 saturated heterocycles. The van der Waals surface area contributed by atoms with E-state index in [4.69, 9.17) is 0 Å². The van der Waals surface area contributed by atoms with Gasteiger partial charge in [0.1, 0.15) is 0 Å². The standard InChI is InChI=1S/C12H25NS2/c1-4-6-10(3)12(13-5-2)11-9-14-7-8-15-11/h10-13H,4-9H2,1-3H3. The summed E-state index contributed by atoms with van der Waals surface area (Å²) in [5.41, 5.74) is 0. The molecule has 3 unspecified atom stereocenters. The molecule has 1 nitrogen and oxygen atoms in total. The summed E-state index contributed by atoms with van der Waals surface area (Å²) in [6.45, 7) is 8.05. The van der Waals surface area contributed by atoms with Gasteiger partial charge in [-0.2, -0.15) is 23.5 Å². The van der Waals surface area contributed by atoms with Crippen LogP contribution in [-0.2, 0) is 0 Å². The highest BCUT2D eigenvalue weighted by Crippen LogP contribution is 2.30. The van der Waals surface area contributed by atoms with E-state index < -0.39 is 0 Å². The fourth-order valence-corrected chi connectivity index (χ4v) is 5.29. The number of hydrogen-bond acceptors (Lipinski definition) is 3. The largest absolute Gasteiger partial charge is 0.313 e. The van der Waals surface area contributed by atoms with Crippen LogP contribution in [-0.4, -0.2) is 35.1 Å². The predicted octanol–water partition coefficient (Wildman–Crippen LogP) is 3.25. The average Bonchev–Trinajstić information content (AvgIpc) is 2.27. The van der Waals surface area contributed by atoms with Crippen LogP contribution < -0.4 is 5.32 Å². The molecule has 0 bridgehead atoms. The lowest BCUT2D eigenvalue weighted by Crippen LogP contribution is -2.45. The molecule has 0 aromatic rings. The van der Waals surface area contributed by atoms with Crippen LogP contribution in [0.2, 0.25) is 0 Å². The van der Waals surface area contributed by atoms with Crippen LogP contribution in [0.5, 0.6) is 0 Å². The SMILES string of the molecule is CCCC(C)C(NCC)C1CSCCS1. The molecule has 1 N–H and O–H groups in total. The van der Waals surface area contributed by atoms with Crippen molar-refractivity contribution in [3.05, 3.63) is 0 Å². The summed E-state index contributed by atoms with van der Waals surface area (Å²) < 4.78 is 0. The van der Waals surface area contributed by atoms with Crippen molar-refractivity contribution >= 4 is 23.5 Å². The minimum atomic E-state index is 0.729. The summed E-state index contributed by atoms with van der Waals surface area (Å²) in [6.07, 6.45) is 2.67. The first-order valence-corrected chi connectivity index (χ1v) is 8.42. The van der Waals surface area contributed by atoms with Crippen LogP contribution in [0, 0.1) is 5.92 Å². The van der Waals surface area contributed by atoms with Gasteiger partial charge in [0.2, 0.25) is 0 Å². The fourth-order valence-electron chi connectivity index (χ4n) is 2.28. The topological polar surface area (TPSA) is 12.0 Å². The van der Waals surface area contributed by atoms with Crippen molar-refractivity contribution in [1.29, 1.82) is 0 Å².